The predicted molar refractivity (Wildman–Crippen MR) is 55.0 cm³/mol. The van der Waals surface area contributed by atoms with Gasteiger partial charge in [0.25, 0.3) is 0 Å². The van der Waals surface area contributed by atoms with Gasteiger partial charge in [0, 0.05) is 19.5 Å². The highest BCUT2D eigenvalue weighted by Crippen LogP contribution is 2.30. The van der Waals surface area contributed by atoms with E-state index in [9.17, 15) is 0 Å². The van der Waals surface area contributed by atoms with Crippen LogP contribution in [0.15, 0.2) is 24.5 Å². The van der Waals surface area contributed by atoms with Gasteiger partial charge in [-0.1, -0.05) is 0 Å². The van der Waals surface area contributed by atoms with E-state index in [2.05, 4.69) is 22.4 Å². The second kappa shape index (κ2) is 4.07. The highest BCUT2D eigenvalue weighted by molar-refractivity contribution is 5.23. The maximum Gasteiger partial charge on any atom is 0.0686 e. The molecule has 0 amide bonds. The third-order valence-electron chi connectivity index (χ3n) is 2.87. The molecule has 1 unspecified atom stereocenters. The van der Waals surface area contributed by atoms with Crippen LogP contribution in [0.1, 0.15) is 18.4 Å². The topological polar surface area (TPSA) is 34.1 Å². The minimum Gasteiger partial charge on any atom is -0.382 e. The molecule has 0 bridgehead atoms. The first kappa shape index (κ1) is 9.62. The Morgan fingerprint density at radius 2 is 2.29 bits per heavy atom. The number of ether oxygens (including phenoxy) is 1. The number of rotatable bonds is 3. The Balaban J connectivity index is 2.27. The summed E-state index contributed by atoms with van der Waals surface area (Å²) in [4.78, 5) is 4.04. The minimum absolute atomic E-state index is 0.0255. The van der Waals surface area contributed by atoms with E-state index in [0.29, 0.717) is 0 Å². The number of nitrogens with zero attached hydrogens (tertiary/aromatic N) is 1. The molecule has 0 radical (unpaired) electrons. The van der Waals surface area contributed by atoms with Gasteiger partial charge >= 0.3 is 0 Å². The third-order valence-corrected chi connectivity index (χ3v) is 2.87. The fourth-order valence-corrected chi connectivity index (χ4v) is 2.18. The standard InChI is InChI=1S/C11H16N2O/c1-14-9-11(5-2-6-13-11)10-3-7-12-8-4-10/h3-4,7-8,13H,2,5-6,9H2,1H3. The van der Waals surface area contributed by atoms with Crippen molar-refractivity contribution in [2.75, 3.05) is 20.3 Å². The molecule has 0 aliphatic carbocycles. The molecule has 3 heteroatoms. The second-order valence-electron chi connectivity index (χ2n) is 3.78. The SMILES string of the molecule is COCC1(c2ccncc2)CCCN1. The van der Waals surface area contributed by atoms with Gasteiger partial charge in [0.1, 0.15) is 0 Å². The molecule has 1 atom stereocenters. The Labute approximate surface area is 84.5 Å². The smallest absolute Gasteiger partial charge is 0.0686 e. The maximum absolute atomic E-state index is 5.30. The van der Waals surface area contributed by atoms with Crippen molar-refractivity contribution in [3.05, 3.63) is 30.1 Å². The van der Waals surface area contributed by atoms with E-state index in [4.69, 9.17) is 4.74 Å². The number of hydrogen-bond acceptors (Lipinski definition) is 3. The minimum atomic E-state index is 0.0255. The van der Waals surface area contributed by atoms with Crippen LogP contribution in [0.4, 0.5) is 0 Å². The lowest BCUT2D eigenvalue weighted by Gasteiger charge is -2.29. The molecule has 1 N–H and O–H groups in total. The van der Waals surface area contributed by atoms with Crippen LogP contribution < -0.4 is 5.32 Å². The molecule has 0 saturated carbocycles. The van der Waals surface area contributed by atoms with Gasteiger partial charge in [0.15, 0.2) is 0 Å². The summed E-state index contributed by atoms with van der Waals surface area (Å²) in [5.74, 6) is 0. The van der Waals surface area contributed by atoms with E-state index in [1.807, 2.05) is 12.4 Å². The number of nitrogens with one attached hydrogen (secondary N) is 1. The molecular weight excluding hydrogens is 176 g/mol. The van der Waals surface area contributed by atoms with Gasteiger partial charge in [0.2, 0.25) is 0 Å². The van der Waals surface area contributed by atoms with Crippen LogP contribution in [0.25, 0.3) is 0 Å². The molecule has 1 aliphatic heterocycles. The molecule has 14 heavy (non-hydrogen) atoms. The molecule has 1 saturated heterocycles. The Bertz CT molecular complexity index is 281. The summed E-state index contributed by atoms with van der Waals surface area (Å²) in [5.41, 5.74) is 1.31. The summed E-state index contributed by atoms with van der Waals surface area (Å²) < 4.78 is 5.30. The molecule has 2 rings (SSSR count). The van der Waals surface area contributed by atoms with Crippen LogP contribution in [-0.4, -0.2) is 25.2 Å². The molecule has 1 fully saturated rings. The summed E-state index contributed by atoms with van der Waals surface area (Å²) in [7, 11) is 1.75. The van der Waals surface area contributed by atoms with Crippen molar-refractivity contribution in [2.24, 2.45) is 0 Å². The first-order valence-corrected chi connectivity index (χ1v) is 5.02. The van der Waals surface area contributed by atoms with Crippen LogP contribution in [0.2, 0.25) is 0 Å². The van der Waals surface area contributed by atoms with Gasteiger partial charge in [0.05, 0.1) is 12.1 Å². The summed E-state index contributed by atoms with van der Waals surface area (Å²) in [6, 6.07) is 4.13. The maximum atomic E-state index is 5.30. The van der Waals surface area contributed by atoms with Crippen LogP contribution >= 0.6 is 0 Å². The van der Waals surface area contributed by atoms with Crippen molar-refractivity contribution in [1.82, 2.24) is 10.3 Å². The van der Waals surface area contributed by atoms with Gasteiger partial charge in [-0.2, -0.15) is 0 Å². The summed E-state index contributed by atoms with van der Waals surface area (Å²) >= 11 is 0. The van der Waals surface area contributed by atoms with E-state index in [1.165, 1.54) is 12.0 Å². The highest BCUT2D eigenvalue weighted by atomic mass is 16.5. The summed E-state index contributed by atoms with van der Waals surface area (Å²) in [6.45, 7) is 1.81. The molecule has 1 aromatic heterocycles. The van der Waals surface area contributed by atoms with Gasteiger partial charge in [-0.15, -0.1) is 0 Å². The molecule has 1 aliphatic rings. The van der Waals surface area contributed by atoms with E-state index < -0.39 is 0 Å². The van der Waals surface area contributed by atoms with Crippen molar-refractivity contribution in [1.29, 1.82) is 0 Å². The average molecular weight is 192 g/mol. The predicted octanol–water partition coefficient (Wildman–Crippen LogP) is 1.31. The van der Waals surface area contributed by atoms with Gasteiger partial charge in [-0.05, 0) is 37.1 Å². The molecule has 76 valence electrons. The van der Waals surface area contributed by atoms with Crippen molar-refractivity contribution in [3.8, 4) is 0 Å². The molecule has 0 spiro atoms. The van der Waals surface area contributed by atoms with Crippen molar-refractivity contribution in [3.63, 3.8) is 0 Å². The molecule has 3 nitrogen and oxygen atoms in total. The number of pyridine rings is 1. The van der Waals surface area contributed by atoms with Crippen molar-refractivity contribution in [2.45, 2.75) is 18.4 Å². The van der Waals surface area contributed by atoms with E-state index >= 15 is 0 Å². The first-order chi connectivity index (χ1) is 6.87. The first-order valence-electron chi connectivity index (χ1n) is 5.02. The van der Waals surface area contributed by atoms with Crippen LogP contribution in [0, 0.1) is 0 Å². The Kier molecular flexibility index (Phi) is 2.79. The van der Waals surface area contributed by atoms with E-state index in [-0.39, 0.29) is 5.54 Å². The zero-order chi connectivity index (χ0) is 9.86. The third kappa shape index (κ3) is 1.65. The van der Waals surface area contributed by atoms with E-state index in [0.717, 1.165) is 19.6 Å². The van der Waals surface area contributed by atoms with Crippen LogP contribution in [-0.2, 0) is 10.3 Å². The van der Waals surface area contributed by atoms with Gasteiger partial charge < -0.3 is 10.1 Å². The lowest BCUT2D eigenvalue weighted by Crippen LogP contribution is -2.41. The fraction of sp³-hybridized carbons (Fsp3) is 0.545. The van der Waals surface area contributed by atoms with Crippen molar-refractivity contribution < 1.29 is 4.74 Å². The Morgan fingerprint density at radius 3 is 2.86 bits per heavy atom. The molecule has 1 aromatic rings. The van der Waals surface area contributed by atoms with Crippen molar-refractivity contribution >= 4 is 0 Å². The van der Waals surface area contributed by atoms with Gasteiger partial charge in [-0.3, -0.25) is 4.98 Å². The van der Waals surface area contributed by atoms with Gasteiger partial charge in [-0.25, -0.2) is 0 Å². The lowest BCUT2D eigenvalue weighted by molar-refractivity contribution is 0.120. The summed E-state index contributed by atoms with van der Waals surface area (Å²) in [5, 5.41) is 3.53. The Morgan fingerprint density at radius 1 is 1.50 bits per heavy atom. The molecular formula is C11H16N2O. The molecule has 0 aromatic carbocycles. The normalized spacial score (nSPS) is 26.6. The number of aromatic nitrogens is 1. The Hall–Kier alpha value is -0.930. The number of hydrogen-bond donors (Lipinski definition) is 1. The highest BCUT2D eigenvalue weighted by Gasteiger charge is 2.34. The van der Waals surface area contributed by atoms with E-state index in [1.54, 1.807) is 7.11 Å². The second-order valence-corrected chi connectivity index (χ2v) is 3.78. The zero-order valence-electron chi connectivity index (χ0n) is 8.49. The molecule has 2 heterocycles. The average Bonchev–Trinajstić information content (AvgIpc) is 2.70. The lowest BCUT2D eigenvalue weighted by atomic mass is 9.90. The van der Waals surface area contributed by atoms with Crippen LogP contribution in [0.3, 0.4) is 0 Å². The quantitative estimate of drug-likeness (QED) is 0.784. The largest absolute Gasteiger partial charge is 0.382 e. The zero-order valence-corrected chi connectivity index (χ0v) is 8.49. The number of methoxy groups -OCH3 is 1. The monoisotopic (exact) mass is 192 g/mol. The fourth-order valence-electron chi connectivity index (χ4n) is 2.18. The summed E-state index contributed by atoms with van der Waals surface area (Å²) in [6.07, 6.45) is 6.04. The van der Waals surface area contributed by atoms with Crippen LogP contribution in [0.5, 0.6) is 0 Å².